The van der Waals surface area contributed by atoms with E-state index in [1.54, 1.807) is 24.3 Å². The summed E-state index contributed by atoms with van der Waals surface area (Å²) in [5, 5.41) is 0.893. The predicted octanol–water partition coefficient (Wildman–Crippen LogP) is 3.00. The second kappa shape index (κ2) is 6.78. The molecule has 0 atom stereocenters. The molecule has 21 heavy (non-hydrogen) atoms. The van der Waals surface area contributed by atoms with Crippen LogP contribution in [0.5, 0.6) is 5.75 Å². The molecule has 5 nitrogen and oxygen atoms in total. The lowest BCUT2D eigenvalue weighted by Gasteiger charge is -2.06. The van der Waals surface area contributed by atoms with Gasteiger partial charge in [0.25, 0.3) is 0 Å². The average Bonchev–Trinajstić information content (AvgIpc) is 2.43. The summed E-state index contributed by atoms with van der Waals surface area (Å²) in [6.45, 7) is 1.83. The van der Waals surface area contributed by atoms with Crippen molar-refractivity contribution >= 4 is 35.0 Å². The number of carbonyl (C=O) groups is 1. The van der Waals surface area contributed by atoms with E-state index in [9.17, 15) is 4.79 Å². The number of Topliss-reactive ketones (excluding diaryl/α,β-unsaturated/α-hetero) is 1. The first-order chi connectivity index (χ1) is 9.99. The van der Waals surface area contributed by atoms with Crippen LogP contribution in [0.15, 0.2) is 29.4 Å². The minimum atomic E-state index is -0.0618. The molecule has 1 aromatic heterocycles. The summed E-state index contributed by atoms with van der Waals surface area (Å²) in [6, 6.07) is 6.62. The van der Waals surface area contributed by atoms with Crippen LogP contribution in [0, 0.1) is 6.92 Å². The highest BCUT2D eigenvalue weighted by atomic mass is 35.5. The van der Waals surface area contributed by atoms with Crippen LogP contribution in [0.25, 0.3) is 0 Å². The molecule has 110 valence electrons. The van der Waals surface area contributed by atoms with Crippen LogP contribution in [0.1, 0.15) is 16.1 Å². The SMILES string of the molecule is COc1ccc(C(=O)CSc2nc(C)cc(N)n2)cc1Cl. The lowest BCUT2D eigenvalue weighted by atomic mass is 10.1. The largest absolute Gasteiger partial charge is 0.495 e. The Labute approximate surface area is 131 Å². The number of thioether (sulfide) groups is 1. The first-order valence-electron chi connectivity index (χ1n) is 6.10. The lowest BCUT2D eigenvalue weighted by molar-refractivity contribution is 0.102. The number of hydrogen-bond donors (Lipinski definition) is 1. The van der Waals surface area contributed by atoms with Crippen LogP contribution in [-0.4, -0.2) is 28.6 Å². The molecule has 0 unspecified atom stereocenters. The highest BCUT2D eigenvalue weighted by Gasteiger charge is 2.11. The Morgan fingerprint density at radius 2 is 2.14 bits per heavy atom. The topological polar surface area (TPSA) is 78.1 Å². The molecule has 1 aromatic carbocycles. The third kappa shape index (κ3) is 4.09. The van der Waals surface area contributed by atoms with Crippen LogP contribution >= 0.6 is 23.4 Å². The zero-order valence-corrected chi connectivity index (χ0v) is 13.2. The van der Waals surface area contributed by atoms with E-state index >= 15 is 0 Å². The molecule has 2 aromatic rings. The molecule has 0 fully saturated rings. The van der Waals surface area contributed by atoms with Gasteiger partial charge in [-0.05, 0) is 25.1 Å². The summed E-state index contributed by atoms with van der Waals surface area (Å²) in [7, 11) is 1.53. The molecular weight excluding hydrogens is 310 g/mol. The minimum Gasteiger partial charge on any atom is -0.495 e. The smallest absolute Gasteiger partial charge is 0.190 e. The minimum absolute atomic E-state index is 0.0618. The Hall–Kier alpha value is -1.79. The summed E-state index contributed by atoms with van der Waals surface area (Å²) in [4.78, 5) is 20.4. The summed E-state index contributed by atoms with van der Waals surface area (Å²) in [6.07, 6.45) is 0. The van der Waals surface area contributed by atoms with E-state index in [4.69, 9.17) is 22.1 Å². The van der Waals surface area contributed by atoms with Crippen LogP contribution in [0.2, 0.25) is 5.02 Å². The molecule has 0 bridgehead atoms. The molecule has 0 spiro atoms. The maximum atomic E-state index is 12.1. The zero-order chi connectivity index (χ0) is 15.4. The standard InChI is InChI=1S/C14H14ClN3O2S/c1-8-5-13(16)18-14(17-8)21-7-11(19)9-3-4-12(20-2)10(15)6-9/h3-6H,7H2,1-2H3,(H2,16,17,18). The molecule has 0 aliphatic carbocycles. The number of halogens is 1. The number of ketones is 1. The maximum Gasteiger partial charge on any atom is 0.190 e. The number of nitrogens with two attached hydrogens (primary N) is 1. The Bertz CT molecular complexity index is 659. The number of hydrogen-bond acceptors (Lipinski definition) is 6. The number of rotatable bonds is 5. The fraction of sp³-hybridized carbons (Fsp3) is 0.214. The van der Waals surface area contributed by atoms with Crippen molar-refractivity contribution in [1.82, 2.24) is 9.97 Å². The van der Waals surface area contributed by atoms with Gasteiger partial charge >= 0.3 is 0 Å². The van der Waals surface area contributed by atoms with Gasteiger partial charge in [0.15, 0.2) is 10.9 Å². The van der Waals surface area contributed by atoms with E-state index in [0.717, 1.165) is 5.69 Å². The highest BCUT2D eigenvalue weighted by Crippen LogP contribution is 2.26. The van der Waals surface area contributed by atoms with Gasteiger partial charge in [-0.1, -0.05) is 23.4 Å². The van der Waals surface area contributed by atoms with E-state index < -0.39 is 0 Å². The van der Waals surface area contributed by atoms with Gasteiger partial charge in [-0.15, -0.1) is 0 Å². The van der Waals surface area contributed by atoms with E-state index in [2.05, 4.69) is 9.97 Å². The highest BCUT2D eigenvalue weighted by molar-refractivity contribution is 7.99. The Morgan fingerprint density at radius 1 is 1.38 bits per heavy atom. The normalized spacial score (nSPS) is 10.4. The average molecular weight is 324 g/mol. The molecule has 0 aliphatic heterocycles. The molecular formula is C14H14ClN3O2S. The second-order valence-corrected chi connectivity index (χ2v) is 5.63. The van der Waals surface area contributed by atoms with Crippen molar-refractivity contribution in [3.63, 3.8) is 0 Å². The zero-order valence-electron chi connectivity index (χ0n) is 11.6. The summed E-state index contributed by atoms with van der Waals surface area (Å²) in [5.41, 5.74) is 6.94. The number of benzene rings is 1. The molecule has 2 N–H and O–H groups in total. The molecule has 0 saturated carbocycles. The molecule has 1 heterocycles. The fourth-order valence-electron chi connectivity index (χ4n) is 1.68. The van der Waals surface area contributed by atoms with Gasteiger partial charge in [-0.3, -0.25) is 4.79 Å². The Morgan fingerprint density at radius 3 is 2.76 bits per heavy atom. The number of aryl methyl sites for hydroxylation is 1. The second-order valence-electron chi connectivity index (χ2n) is 4.28. The third-order valence-corrected chi connectivity index (χ3v) is 3.80. The monoisotopic (exact) mass is 323 g/mol. The summed E-state index contributed by atoms with van der Waals surface area (Å²) in [5.74, 6) is 1.08. The van der Waals surface area contributed by atoms with Gasteiger partial charge < -0.3 is 10.5 Å². The van der Waals surface area contributed by atoms with Crippen molar-refractivity contribution in [2.75, 3.05) is 18.6 Å². The molecule has 2 rings (SSSR count). The number of methoxy groups -OCH3 is 1. The summed E-state index contributed by atoms with van der Waals surface area (Å²) >= 11 is 7.25. The lowest BCUT2D eigenvalue weighted by Crippen LogP contribution is -2.04. The van der Waals surface area contributed by atoms with Gasteiger partial charge in [-0.25, -0.2) is 9.97 Å². The quantitative estimate of drug-likeness (QED) is 0.517. The van der Waals surface area contributed by atoms with E-state index in [0.29, 0.717) is 27.3 Å². The van der Waals surface area contributed by atoms with Crippen LogP contribution < -0.4 is 10.5 Å². The molecule has 0 saturated heterocycles. The van der Waals surface area contributed by atoms with Crippen LogP contribution in [0.4, 0.5) is 5.82 Å². The van der Waals surface area contributed by atoms with Crippen molar-refractivity contribution in [3.8, 4) is 5.75 Å². The number of nitrogen functional groups attached to an aromatic ring is 1. The predicted molar refractivity (Wildman–Crippen MR) is 84.2 cm³/mol. The number of carbonyl (C=O) groups excluding carboxylic acids is 1. The van der Waals surface area contributed by atoms with Gasteiger partial charge in [0.2, 0.25) is 0 Å². The van der Waals surface area contributed by atoms with E-state index in [1.165, 1.54) is 18.9 Å². The first kappa shape index (κ1) is 15.6. The van der Waals surface area contributed by atoms with E-state index in [-0.39, 0.29) is 11.5 Å². The van der Waals surface area contributed by atoms with Crippen molar-refractivity contribution < 1.29 is 9.53 Å². The van der Waals surface area contributed by atoms with Gasteiger partial charge in [0, 0.05) is 17.3 Å². The molecule has 7 heteroatoms. The van der Waals surface area contributed by atoms with Crippen molar-refractivity contribution in [1.29, 1.82) is 0 Å². The molecule has 0 radical (unpaired) electrons. The number of nitrogens with zero attached hydrogens (tertiary/aromatic N) is 2. The van der Waals surface area contributed by atoms with Crippen molar-refractivity contribution in [2.24, 2.45) is 0 Å². The van der Waals surface area contributed by atoms with Gasteiger partial charge in [0.05, 0.1) is 17.9 Å². The third-order valence-electron chi connectivity index (χ3n) is 2.66. The fourth-order valence-corrected chi connectivity index (χ4v) is 2.75. The van der Waals surface area contributed by atoms with Gasteiger partial charge in [0.1, 0.15) is 11.6 Å². The Kier molecular flexibility index (Phi) is 5.03. The van der Waals surface area contributed by atoms with E-state index in [1.807, 2.05) is 6.92 Å². The maximum absolute atomic E-state index is 12.1. The molecule has 0 aliphatic rings. The number of aromatic nitrogens is 2. The first-order valence-corrected chi connectivity index (χ1v) is 7.46. The van der Waals surface area contributed by atoms with Crippen LogP contribution in [0.3, 0.4) is 0 Å². The Balaban J connectivity index is 2.06. The van der Waals surface area contributed by atoms with Crippen molar-refractivity contribution in [3.05, 3.63) is 40.5 Å². The van der Waals surface area contributed by atoms with Crippen LogP contribution in [-0.2, 0) is 0 Å². The van der Waals surface area contributed by atoms with Gasteiger partial charge in [-0.2, -0.15) is 0 Å². The summed E-state index contributed by atoms with van der Waals surface area (Å²) < 4.78 is 5.05. The molecule has 0 amide bonds. The number of anilines is 1. The number of ether oxygens (including phenoxy) is 1. The van der Waals surface area contributed by atoms with Crippen molar-refractivity contribution in [2.45, 2.75) is 12.1 Å².